The summed E-state index contributed by atoms with van der Waals surface area (Å²) in [5, 5.41) is 12.7. The summed E-state index contributed by atoms with van der Waals surface area (Å²) in [5.41, 5.74) is 7.44. The number of ether oxygens (including phenoxy) is 1. The normalized spacial score (nSPS) is 13.1. The fourth-order valence-electron chi connectivity index (χ4n) is 2.23. The predicted octanol–water partition coefficient (Wildman–Crippen LogP) is 1.84. The minimum atomic E-state index is -0.834. The Morgan fingerprint density at radius 3 is 2.17 bits per heavy atom. The van der Waals surface area contributed by atoms with Crippen LogP contribution in [0.1, 0.15) is 11.1 Å². The van der Waals surface area contributed by atoms with E-state index in [9.17, 15) is 9.90 Å². The number of hydrogen-bond donors (Lipinski definition) is 3. The van der Waals surface area contributed by atoms with Crippen molar-refractivity contribution < 1.29 is 14.6 Å². The van der Waals surface area contributed by atoms with Crippen LogP contribution in [0, 0.1) is 0 Å². The molecule has 0 bridgehead atoms. The van der Waals surface area contributed by atoms with E-state index in [0.717, 1.165) is 11.1 Å². The van der Waals surface area contributed by atoms with Crippen LogP contribution in [0.3, 0.4) is 0 Å². The molecule has 23 heavy (non-hydrogen) atoms. The zero-order chi connectivity index (χ0) is 16.5. The largest absolute Gasteiger partial charge is 0.445 e. The number of rotatable bonds is 7. The van der Waals surface area contributed by atoms with Gasteiger partial charge in [0.1, 0.15) is 6.61 Å². The van der Waals surface area contributed by atoms with E-state index in [-0.39, 0.29) is 13.2 Å². The first-order valence-corrected chi connectivity index (χ1v) is 7.58. The van der Waals surface area contributed by atoms with Gasteiger partial charge in [-0.2, -0.15) is 0 Å². The lowest BCUT2D eigenvalue weighted by atomic mass is 10.0. The molecule has 0 aromatic heterocycles. The van der Waals surface area contributed by atoms with Gasteiger partial charge < -0.3 is 20.9 Å². The molecule has 0 aliphatic rings. The average molecular weight is 314 g/mol. The summed E-state index contributed by atoms with van der Waals surface area (Å²) in [7, 11) is 0. The first-order valence-electron chi connectivity index (χ1n) is 7.58. The summed E-state index contributed by atoms with van der Waals surface area (Å²) in [6.07, 6.45) is -0.915. The molecular formula is C18H22N2O3. The quantitative estimate of drug-likeness (QED) is 0.728. The Morgan fingerprint density at radius 1 is 1.04 bits per heavy atom. The zero-order valence-electron chi connectivity index (χ0n) is 12.9. The molecule has 5 heteroatoms. The molecule has 0 saturated carbocycles. The molecule has 0 fully saturated rings. The van der Waals surface area contributed by atoms with Crippen LogP contribution in [-0.4, -0.2) is 29.9 Å². The lowest BCUT2D eigenvalue weighted by Gasteiger charge is -2.23. The van der Waals surface area contributed by atoms with Crippen molar-refractivity contribution in [1.29, 1.82) is 0 Å². The lowest BCUT2D eigenvalue weighted by Crippen LogP contribution is -2.48. The molecule has 122 valence electrons. The second-order valence-electron chi connectivity index (χ2n) is 5.31. The van der Waals surface area contributed by atoms with Gasteiger partial charge in [0, 0.05) is 6.54 Å². The van der Waals surface area contributed by atoms with Crippen LogP contribution in [0.15, 0.2) is 60.7 Å². The Bertz CT molecular complexity index is 590. The highest BCUT2D eigenvalue weighted by Crippen LogP contribution is 2.07. The van der Waals surface area contributed by atoms with E-state index in [1.807, 2.05) is 60.7 Å². The smallest absolute Gasteiger partial charge is 0.407 e. The summed E-state index contributed by atoms with van der Waals surface area (Å²) in [5.74, 6) is 0. The Kier molecular flexibility index (Phi) is 6.59. The minimum Gasteiger partial charge on any atom is -0.445 e. The molecular weight excluding hydrogens is 292 g/mol. The van der Waals surface area contributed by atoms with Crippen LogP contribution in [0.2, 0.25) is 0 Å². The van der Waals surface area contributed by atoms with E-state index in [2.05, 4.69) is 5.32 Å². The van der Waals surface area contributed by atoms with Crippen LogP contribution in [0.4, 0.5) is 4.79 Å². The molecule has 0 aliphatic heterocycles. The van der Waals surface area contributed by atoms with Crippen molar-refractivity contribution >= 4 is 6.09 Å². The Balaban J connectivity index is 1.90. The van der Waals surface area contributed by atoms with Crippen molar-refractivity contribution in [3.63, 3.8) is 0 Å². The molecule has 0 spiro atoms. The molecule has 0 saturated heterocycles. The maximum absolute atomic E-state index is 12.0. The van der Waals surface area contributed by atoms with Crippen LogP contribution in [0.25, 0.3) is 0 Å². The highest BCUT2D eigenvalue weighted by molar-refractivity contribution is 5.67. The van der Waals surface area contributed by atoms with Crippen LogP contribution in [0.5, 0.6) is 0 Å². The highest BCUT2D eigenvalue weighted by Gasteiger charge is 2.21. The maximum Gasteiger partial charge on any atom is 0.407 e. The van der Waals surface area contributed by atoms with Gasteiger partial charge in [0.25, 0.3) is 0 Å². The SMILES string of the molecule is NCC(O)C(Cc1ccccc1)NC(=O)OCc1ccccc1. The van der Waals surface area contributed by atoms with Gasteiger partial charge in [-0.3, -0.25) is 0 Å². The number of carbonyl (C=O) groups is 1. The van der Waals surface area contributed by atoms with Gasteiger partial charge in [-0.05, 0) is 17.5 Å². The van der Waals surface area contributed by atoms with E-state index < -0.39 is 18.2 Å². The number of aliphatic hydroxyl groups is 1. The second kappa shape index (κ2) is 8.92. The van der Waals surface area contributed by atoms with Crippen molar-refractivity contribution in [2.75, 3.05) is 6.54 Å². The van der Waals surface area contributed by atoms with Gasteiger partial charge in [0.15, 0.2) is 0 Å². The molecule has 4 N–H and O–H groups in total. The first kappa shape index (κ1) is 17.0. The molecule has 2 atom stereocenters. The number of nitrogens with two attached hydrogens (primary N) is 1. The van der Waals surface area contributed by atoms with E-state index >= 15 is 0 Å². The summed E-state index contributed by atoms with van der Waals surface area (Å²) in [6.45, 7) is 0.250. The second-order valence-corrected chi connectivity index (χ2v) is 5.31. The Morgan fingerprint density at radius 2 is 1.61 bits per heavy atom. The molecule has 1 amide bonds. The summed E-state index contributed by atoms with van der Waals surface area (Å²) < 4.78 is 5.19. The van der Waals surface area contributed by atoms with Crippen molar-refractivity contribution in [2.24, 2.45) is 5.73 Å². The van der Waals surface area contributed by atoms with Gasteiger partial charge in [-0.1, -0.05) is 60.7 Å². The van der Waals surface area contributed by atoms with Crippen molar-refractivity contribution in [2.45, 2.75) is 25.2 Å². The summed E-state index contributed by atoms with van der Waals surface area (Å²) in [6, 6.07) is 18.5. The van der Waals surface area contributed by atoms with Crippen LogP contribution >= 0.6 is 0 Å². The van der Waals surface area contributed by atoms with Gasteiger partial charge >= 0.3 is 6.09 Å². The van der Waals surface area contributed by atoms with Gasteiger partial charge in [-0.15, -0.1) is 0 Å². The third kappa shape index (κ3) is 5.73. The number of hydrogen-bond acceptors (Lipinski definition) is 4. The molecule has 0 heterocycles. The minimum absolute atomic E-state index is 0.0659. The maximum atomic E-state index is 12.0. The van der Waals surface area contributed by atoms with E-state index in [0.29, 0.717) is 6.42 Å². The van der Waals surface area contributed by atoms with Gasteiger partial charge in [0.2, 0.25) is 0 Å². The molecule has 2 aromatic carbocycles. The van der Waals surface area contributed by atoms with Gasteiger partial charge in [0.05, 0.1) is 12.1 Å². The van der Waals surface area contributed by atoms with Crippen molar-refractivity contribution in [3.05, 3.63) is 71.8 Å². The molecule has 2 aromatic rings. The Hall–Kier alpha value is -2.37. The Labute approximate surface area is 136 Å². The molecule has 5 nitrogen and oxygen atoms in total. The predicted molar refractivity (Wildman–Crippen MR) is 88.8 cm³/mol. The summed E-state index contributed by atoms with van der Waals surface area (Å²) >= 11 is 0. The third-order valence-corrected chi connectivity index (χ3v) is 3.52. The summed E-state index contributed by atoms with van der Waals surface area (Å²) in [4.78, 5) is 12.0. The van der Waals surface area contributed by atoms with Crippen LogP contribution < -0.4 is 11.1 Å². The fraction of sp³-hybridized carbons (Fsp3) is 0.278. The number of nitrogens with one attached hydrogen (secondary N) is 1. The monoisotopic (exact) mass is 314 g/mol. The number of benzene rings is 2. The third-order valence-electron chi connectivity index (χ3n) is 3.52. The molecule has 0 radical (unpaired) electrons. The zero-order valence-corrected chi connectivity index (χ0v) is 12.9. The number of aliphatic hydroxyl groups excluding tert-OH is 1. The number of carbonyl (C=O) groups excluding carboxylic acids is 1. The van der Waals surface area contributed by atoms with E-state index in [1.165, 1.54) is 0 Å². The van der Waals surface area contributed by atoms with Gasteiger partial charge in [-0.25, -0.2) is 4.79 Å². The van der Waals surface area contributed by atoms with Crippen molar-refractivity contribution in [1.82, 2.24) is 5.32 Å². The lowest BCUT2D eigenvalue weighted by molar-refractivity contribution is 0.105. The molecule has 0 aliphatic carbocycles. The fourth-order valence-corrected chi connectivity index (χ4v) is 2.23. The van der Waals surface area contributed by atoms with E-state index in [1.54, 1.807) is 0 Å². The van der Waals surface area contributed by atoms with Crippen molar-refractivity contribution in [3.8, 4) is 0 Å². The number of alkyl carbamates (subject to hydrolysis) is 1. The first-order chi connectivity index (χ1) is 11.2. The standard InChI is InChI=1S/C18H22N2O3/c19-12-17(21)16(11-14-7-3-1-4-8-14)20-18(22)23-13-15-9-5-2-6-10-15/h1-10,16-17,21H,11-13,19H2,(H,20,22). The number of amides is 1. The van der Waals surface area contributed by atoms with Crippen LogP contribution in [-0.2, 0) is 17.8 Å². The molecule has 2 unspecified atom stereocenters. The average Bonchev–Trinajstić information content (AvgIpc) is 2.60. The highest BCUT2D eigenvalue weighted by atomic mass is 16.5. The molecule has 2 rings (SSSR count). The topological polar surface area (TPSA) is 84.6 Å². The van der Waals surface area contributed by atoms with E-state index in [4.69, 9.17) is 10.5 Å².